The Bertz CT molecular complexity index is 2580. The lowest BCUT2D eigenvalue weighted by molar-refractivity contribution is -0.162. The minimum atomic E-state index is -1.86. The zero-order valence-electron chi connectivity index (χ0n) is 43.2. The molecule has 0 spiro atoms. The Morgan fingerprint density at radius 2 is 1.73 bits per heavy atom. The summed E-state index contributed by atoms with van der Waals surface area (Å²) >= 11 is 6.84. The molecule has 8 atom stereocenters. The van der Waals surface area contributed by atoms with Crippen LogP contribution in [0.1, 0.15) is 96.3 Å². The number of benzene rings is 3. The molecule has 3 aromatic carbocycles. The maximum absolute atomic E-state index is 14.4. The molecule has 3 aromatic rings. The van der Waals surface area contributed by atoms with E-state index >= 15 is 0 Å². The van der Waals surface area contributed by atoms with Crippen molar-refractivity contribution in [2.24, 2.45) is 5.92 Å². The monoisotopic (exact) mass is 1060 g/mol. The summed E-state index contributed by atoms with van der Waals surface area (Å²) in [5.74, 6) is -1.52. The first-order chi connectivity index (χ1) is 34.6. The number of carbonyl (C=O) groups is 5. The van der Waals surface area contributed by atoms with Gasteiger partial charge in [0.15, 0.2) is 5.72 Å². The number of esters is 2. The summed E-state index contributed by atoms with van der Waals surface area (Å²) in [5, 5.41) is 14.6. The molecular formula is C55H68ClN3O12S2. The molecule has 3 heterocycles. The zero-order chi connectivity index (χ0) is 53.0. The second-order valence-electron chi connectivity index (χ2n) is 20.2. The Labute approximate surface area is 441 Å². The van der Waals surface area contributed by atoms with Crippen molar-refractivity contribution in [3.8, 4) is 16.9 Å². The van der Waals surface area contributed by atoms with E-state index in [0.29, 0.717) is 30.0 Å². The summed E-state index contributed by atoms with van der Waals surface area (Å²) in [6.07, 6.45) is 1.66. The van der Waals surface area contributed by atoms with E-state index in [-0.39, 0.29) is 59.9 Å². The Hall–Kier alpha value is -5.04. The largest absolute Gasteiger partial charge is 0.495 e. The lowest BCUT2D eigenvalue weighted by Crippen LogP contribution is -2.63. The summed E-state index contributed by atoms with van der Waals surface area (Å²) < 4.78 is 35.1. The molecule has 4 bridgehead atoms. The van der Waals surface area contributed by atoms with E-state index in [4.69, 9.17) is 40.0 Å². The third-order valence-electron chi connectivity index (χ3n) is 14.5. The first kappa shape index (κ1) is 55.7. The molecule has 18 heteroatoms. The fourth-order valence-electron chi connectivity index (χ4n) is 9.86. The number of alkyl carbamates (subject to hydrolysis) is 1. The van der Waals surface area contributed by atoms with Crippen LogP contribution in [0.4, 0.5) is 10.5 Å². The van der Waals surface area contributed by atoms with Gasteiger partial charge in [0, 0.05) is 62.8 Å². The van der Waals surface area contributed by atoms with E-state index in [9.17, 15) is 29.1 Å². The minimum absolute atomic E-state index is 0.00892. The van der Waals surface area contributed by atoms with Gasteiger partial charge in [0.2, 0.25) is 11.8 Å². The standard InChI is InChI=1S/C55H68ClN3O12S2/c1-32-16-15-21-44(67-10)55(65)30-43(69-52(64)57-55)33(2)50-54(6,71-50)45(29-47(61)59(8)41-27-35(26-32)28-42(66-9)49(41)56)70-51(63)34(3)58(7)46(60)23-25-72-73-53(4,5)24-22-48(62)68-31-40-38-19-13-11-17-36(38)37-18-12-14-20-39(37)40/h11-21,27-28,33-34,40,43-45,50,65H,22-26,29-31H2,1-10H3,(H,57,64)/b21-15+,32-16+/t33-,34+,43+,44-,45+,50+,54-,55+/m1/s1. The molecule has 15 nitrogen and oxygen atoms in total. The molecule has 0 aromatic heterocycles. The number of allylic oxidation sites excluding steroid dienone is 3. The number of amides is 3. The van der Waals surface area contributed by atoms with Gasteiger partial charge in [0.1, 0.15) is 47.3 Å². The Kier molecular flexibility index (Phi) is 17.7. The number of likely N-dealkylation sites (N-methyl/N-ethyl adjacent to an activating group) is 1. The number of halogens is 1. The highest BCUT2D eigenvalue weighted by atomic mass is 35.5. The van der Waals surface area contributed by atoms with Crippen molar-refractivity contribution in [2.75, 3.05) is 45.6 Å². The van der Waals surface area contributed by atoms with Crippen LogP contribution in [0, 0.1) is 5.92 Å². The Balaban J connectivity index is 0.978. The first-order valence-corrected chi connectivity index (χ1v) is 27.3. The van der Waals surface area contributed by atoms with Gasteiger partial charge >= 0.3 is 18.0 Å². The molecule has 1 aliphatic carbocycles. The second-order valence-corrected chi connectivity index (χ2v) is 23.7. The quantitative estimate of drug-likeness (QED) is 0.0483. The number of nitrogens with zero attached hydrogens (tertiary/aromatic N) is 2. The summed E-state index contributed by atoms with van der Waals surface area (Å²) in [4.78, 5) is 70.9. The predicted molar refractivity (Wildman–Crippen MR) is 284 cm³/mol. The third-order valence-corrected chi connectivity index (χ3v) is 18.2. The van der Waals surface area contributed by atoms with Crippen LogP contribution >= 0.6 is 33.2 Å². The summed E-state index contributed by atoms with van der Waals surface area (Å²) in [7, 11) is 9.13. The normalized spacial score (nSPS) is 26.7. The first-order valence-electron chi connectivity index (χ1n) is 24.6. The van der Waals surface area contributed by atoms with E-state index < -0.39 is 65.7 Å². The average molecular weight is 1060 g/mol. The lowest BCUT2D eigenvalue weighted by Gasteiger charge is -2.42. The number of anilines is 1. The van der Waals surface area contributed by atoms with Gasteiger partial charge in [-0.05, 0) is 87.4 Å². The van der Waals surface area contributed by atoms with Gasteiger partial charge in [0.25, 0.3) is 0 Å². The van der Waals surface area contributed by atoms with Crippen LogP contribution in [-0.2, 0) is 49.3 Å². The average Bonchev–Trinajstić information content (AvgIpc) is 3.96. The number of rotatable bonds is 15. The third kappa shape index (κ3) is 12.7. The number of ether oxygens (including phenoxy) is 6. The molecule has 3 aliphatic heterocycles. The number of fused-ring (bicyclic) bond motifs is 8. The molecule has 73 heavy (non-hydrogen) atoms. The van der Waals surface area contributed by atoms with Gasteiger partial charge in [-0.15, -0.1) is 0 Å². The van der Waals surface area contributed by atoms with Crippen molar-refractivity contribution in [3.05, 3.63) is 106 Å². The highest BCUT2D eigenvalue weighted by Crippen LogP contribution is 2.50. The van der Waals surface area contributed by atoms with Gasteiger partial charge in [-0.1, -0.05) is 112 Å². The number of epoxide rings is 1. The molecule has 2 N–H and O–H groups in total. The SMILES string of the molecule is COc1cc2cc(c1Cl)N(C)C(=O)C[C@H](OC(=O)[C@H](C)N(C)C(=O)CCSSC(C)(C)CCC(=O)OCC1c3ccccc3-c3ccccc31)[C@@]1(C)O[C@H]1[C@H](C)[C@@H]1C[C@@](O)(NC(=O)O1)[C@H](OC)/C=C/C=C(\C)C2. The van der Waals surface area contributed by atoms with Crippen molar-refractivity contribution in [3.63, 3.8) is 0 Å². The van der Waals surface area contributed by atoms with E-state index in [1.165, 1.54) is 53.0 Å². The number of hydrogen-bond acceptors (Lipinski definition) is 14. The topological polar surface area (TPSA) is 183 Å². The van der Waals surface area contributed by atoms with Crippen molar-refractivity contribution in [1.29, 1.82) is 0 Å². The van der Waals surface area contributed by atoms with Crippen LogP contribution in [0.2, 0.25) is 5.02 Å². The van der Waals surface area contributed by atoms with Crippen LogP contribution in [0.25, 0.3) is 11.1 Å². The Morgan fingerprint density at radius 1 is 1.05 bits per heavy atom. The van der Waals surface area contributed by atoms with Crippen LogP contribution in [0.15, 0.2) is 84.5 Å². The van der Waals surface area contributed by atoms with Gasteiger partial charge in [0.05, 0.1) is 25.3 Å². The highest BCUT2D eigenvalue weighted by molar-refractivity contribution is 8.77. The summed E-state index contributed by atoms with van der Waals surface area (Å²) in [6, 6.07) is 19.0. The van der Waals surface area contributed by atoms with E-state index in [2.05, 4.69) is 43.4 Å². The fraction of sp³-hybridized carbons (Fsp3) is 0.509. The van der Waals surface area contributed by atoms with Crippen molar-refractivity contribution >= 4 is 68.7 Å². The molecule has 2 saturated heterocycles. The van der Waals surface area contributed by atoms with Gasteiger partial charge in [-0.3, -0.25) is 19.7 Å². The van der Waals surface area contributed by atoms with Crippen molar-refractivity contribution < 1.29 is 57.5 Å². The molecule has 0 unspecified atom stereocenters. The molecule has 394 valence electrons. The van der Waals surface area contributed by atoms with Crippen LogP contribution < -0.4 is 15.0 Å². The van der Waals surface area contributed by atoms with Gasteiger partial charge < -0.3 is 43.3 Å². The predicted octanol–water partition coefficient (Wildman–Crippen LogP) is 9.20. The van der Waals surface area contributed by atoms with Crippen LogP contribution in [0.3, 0.4) is 0 Å². The Morgan fingerprint density at radius 3 is 2.38 bits per heavy atom. The van der Waals surface area contributed by atoms with E-state index in [1.807, 2.05) is 37.3 Å². The summed E-state index contributed by atoms with van der Waals surface area (Å²) in [6.45, 7) is 11.4. The van der Waals surface area contributed by atoms with Crippen molar-refractivity contribution in [2.45, 2.75) is 133 Å². The maximum atomic E-state index is 14.4. The van der Waals surface area contributed by atoms with Gasteiger partial charge in [-0.2, -0.15) is 0 Å². The number of methoxy groups -OCH3 is 2. The molecule has 3 amide bonds. The molecule has 7 rings (SSSR count). The smallest absolute Gasteiger partial charge is 0.409 e. The molecule has 2 fully saturated rings. The fourth-order valence-corrected chi connectivity index (χ4v) is 12.7. The van der Waals surface area contributed by atoms with E-state index in [0.717, 1.165) is 22.3 Å². The van der Waals surface area contributed by atoms with Crippen LogP contribution in [0.5, 0.6) is 5.75 Å². The van der Waals surface area contributed by atoms with Crippen molar-refractivity contribution in [1.82, 2.24) is 10.2 Å². The maximum Gasteiger partial charge on any atom is 0.409 e. The summed E-state index contributed by atoms with van der Waals surface area (Å²) in [5.41, 5.74) is 3.64. The number of aliphatic hydroxyl groups is 1. The van der Waals surface area contributed by atoms with Crippen LogP contribution in [-0.4, -0.2) is 127 Å². The number of carbonyl (C=O) groups excluding carboxylic acids is 5. The molecular weight excluding hydrogens is 994 g/mol. The molecule has 0 radical (unpaired) electrons. The van der Waals surface area contributed by atoms with Gasteiger partial charge in [-0.25, -0.2) is 9.59 Å². The zero-order valence-corrected chi connectivity index (χ0v) is 45.6. The minimum Gasteiger partial charge on any atom is -0.495 e. The molecule has 0 saturated carbocycles. The molecule has 4 aliphatic rings. The number of hydrogen-bond donors (Lipinski definition) is 2. The highest BCUT2D eigenvalue weighted by Gasteiger charge is 2.64. The van der Waals surface area contributed by atoms with E-state index in [1.54, 1.807) is 62.9 Å². The lowest BCUT2D eigenvalue weighted by atomic mass is 9.83. The number of nitrogens with one attached hydrogen (secondary N) is 1. The second kappa shape index (κ2) is 23.2.